The highest BCUT2D eigenvalue weighted by atomic mass is 16.5. The molecule has 2 aromatic rings. The summed E-state index contributed by atoms with van der Waals surface area (Å²) < 4.78 is 27.3. The molecule has 1 aliphatic rings. The van der Waals surface area contributed by atoms with Crippen molar-refractivity contribution in [2.75, 3.05) is 35.5 Å². The summed E-state index contributed by atoms with van der Waals surface area (Å²) in [5.41, 5.74) is 3.21. The zero-order valence-corrected chi connectivity index (χ0v) is 15.7. The lowest BCUT2D eigenvalue weighted by atomic mass is 9.92. The molecule has 26 heavy (non-hydrogen) atoms. The second-order valence-corrected chi connectivity index (χ2v) is 5.90. The number of fused-ring (bicyclic) bond motifs is 1. The minimum absolute atomic E-state index is 0.102. The molecular formula is C20H24NO5+. The van der Waals surface area contributed by atoms with Crippen molar-refractivity contribution in [1.29, 1.82) is 0 Å². The zero-order chi connectivity index (χ0) is 18.7. The summed E-state index contributed by atoms with van der Waals surface area (Å²) in [6.45, 7) is 0. The van der Waals surface area contributed by atoms with Gasteiger partial charge in [-0.3, -0.25) is 0 Å². The minimum atomic E-state index is 0.102. The molecule has 0 radical (unpaired) electrons. The Morgan fingerprint density at radius 2 is 1.46 bits per heavy atom. The van der Waals surface area contributed by atoms with Gasteiger partial charge in [-0.05, 0) is 29.8 Å². The van der Waals surface area contributed by atoms with Crippen LogP contribution in [0, 0.1) is 0 Å². The van der Waals surface area contributed by atoms with Gasteiger partial charge in [0.1, 0.15) is 0 Å². The molecule has 0 saturated heterocycles. The number of methoxy groups -OCH3 is 5. The van der Waals surface area contributed by atoms with Gasteiger partial charge < -0.3 is 23.7 Å². The summed E-state index contributed by atoms with van der Waals surface area (Å²) in [5, 5.41) is 0. The van der Waals surface area contributed by atoms with E-state index < -0.39 is 0 Å². The van der Waals surface area contributed by atoms with Crippen molar-refractivity contribution in [3.8, 4) is 28.7 Å². The Balaban J connectivity index is 2.01. The van der Waals surface area contributed by atoms with Crippen LogP contribution in [0.25, 0.3) is 0 Å². The Morgan fingerprint density at radius 3 is 2.08 bits per heavy atom. The summed E-state index contributed by atoms with van der Waals surface area (Å²) in [6.07, 6.45) is 2.74. The van der Waals surface area contributed by atoms with Crippen LogP contribution in [-0.4, -0.2) is 41.8 Å². The lowest BCUT2D eigenvalue weighted by Crippen LogP contribution is -2.73. The predicted molar refractivity (Wildman–Crippen MR) is 98.2 cm³/mol. The van der Waals surface area contributed by atoms with Crippen LogP contribution >= 0.6 is 0 Å². The molecule has 1 unspecified atom stereocenters. The van der Waals surface area contributed by atoms with Gasteiger partial charge in [-0.1, -0.05) is 0 Å². The molecule has 0 aliphatic carbocycles. The second kappa shape index (κ2) is 7.56. The van der Waals surface area contributed by atoms with E-state index in [9.17, 15) is 0 Å². The fraction of sp³-hybridized carbons (Fsp3) is 0.350. The Kier molecular flexibility index (Phi) is 5.21. The van der Waals surface area contributed by atoms with Crippen molar-refractivity contribution >= 4 is 6.21 Å². The molecule has 0 bridgehead atoms. The fourth-order valence-corrected chi connectivity index (χ4v) is 3.30. The summed E-state index contributed by atoms with van der Waals surface area (Å²) in [6, 6.07) is 8.05. The van der Waals surface area contributed by atoms with E-state index in [0.717, 1.165) is 23.1 Å². The van der Waals surface area contributed by atoms with Crippen molar-refractivity contribution in [3.05, 3.63) is 41.0 Å². The molecule has 3 rings (SSSR count). The van der Waals surface area contributed by atoms with Crippen LogP contribution in [0.1, 0.15) is 22.7 Å². The van der Waals surface area contributed by atoms with E-state index in [4.69, 9.17) is 23.7 Å². The van der Waals surface area contributed by atoms with Crippen molar-refractivity contribution in [3.63, 3.8) is 0 Å². The molecule has 138 valence electrons. The first-order chi connectivity index (χ1) is 12.7. The monoisotopic (exact) mass is 358 g/mol. The minimum Gasteiger partial charge on any atom is -0.493 e. The third-order valence-corrected chi connectivity index (χ3v) is 4.62. The molecule has 1 atom stereocenters. The first kappa shape index (κ1) is 17.9. The maximum Gasteiger partial charge on any atom is 0.204 e. The number of rotatable bonds is 6. The highest BCUT2D eigenvalue weighted by molar-refractivity contribution is 5.86. The molecular weight excluding hydrogens is 334 g/mol. The number of hydrogen-bond acceptors (Lipinski definition) is 5. The van der Waals surface area contributed by atoms with E-state index in [1.165, 1.54) is 0 Å². The van der Waals surface area contributed by atoms with Crippen molar-refractivity contribution in [1.82, 2.24) is 0 Å². The van der Waals surface area contributed by atoms with Gasteiger partial charge in [-0.25, -0.2) is 4.99 Å². The third kappa shape index (κ3) is 3.03. The van der Waals surface area contributed by atoms with Crippen LogP contribution < -0.4 is 28.7 Å². The second-order valence-electron chi connectivity index (χ2n) is 5.90. The number of ether oxygens (including phenoxy) is 5. The number of nitrogens with one attached hydrogen (secondary N) is 1. The molecule has 6 heteroatoms. The van der Waals surface area contributed by atoms with Gasteiger partial charge in [0.25, 0.3) is 0 Å². The van der Waals surface area contributed by atoms with Crippen LogP contribution in [-0.2, 0) is 6.42 Å². The molecule has 1 aliphatic heterocycles. The van der Waals surface area contributed by atoms with Crippen molar-refractivity contribution in [2.45, 2.75) is 12.5 Å². The van der Waals surface area contributed by atoms with Gasteiger partial charge in [0.15, 0.2) is 35.3 Å². The van der Waals surface area contributed by atoms with Crippen LogP contribution in [0.3, 0.4) is 0 Å². The van der Waals surface area contributed by atoms with Gasteiger partial charge in [0.2, 0.25) is 5.75 Å². The van der Waals surface area contributed by atoms with E-state index in [0.29, 0.717) is 28.7 Å². The van der Waals surface area contributed by atoms with E-state index in [1.807, 2.05) is 30.5 Å². The van der Waals surface area contributed by atoms with Crippen LogP contribution in [0.2, 0.25) is 0 Å². The lowest BCUT2D eigenvalue weighted by molar-refractivity contribution is -0.506. The third-order valence-electron chi connectivity index (χ3n) is 4.62. The van der Waals surface area contributed by atoms with Crippen molar-refractivity contribution < 1.29 is 28.7 Å². The molecule has 0 amide bonds. The van der Waals surface area contributed by atoms with Gasteiger partial charge >= 0.3 is 0 Å². The van der Waals surface area contributed by atoms with Gasteiger partial charge in [0, 0.05) is 12.0 Å². The normalized spacial score (nSPS) is 15.2. The van der Waals surface area contributed by atoms with E-state index in [1.54, 1.807) is 35.5 Å². The molecule has 0 aromatic heterocycles. The Hall–Kier alpha value is -2.89. The summed E-state index contributed by atoms with van der Waals surface area (Å²) in [7, 11) is 8.13. The molecule has 6 nitrogen and oxygen atoms in total. The van der Waals surface area contributed by atoms with Crippen molar-refractivity contribution in [2.24, 2.45) is 0 Å². The van der Waals surface area contributed by atoms with Crippen LogP contribution in [0.15, 0.2) is 24.3 Å². The van der Waals surface area contributed by atoms with Gasteiger partial charge in [-0.2, -0.15) is 0 Å². The first-order valence-corrected chi connectivity index (χ1v) is 8.29. The molecule has 1 N–H and O–H groups in total. The lowest BCUT2D eigenvalue weighted by Gasteiger charge is -2.21. The van der Waals surface area contributed by atoms with Crippen LogP contribution in [0.4, 0.5) is 0 Å². The Morgan fingerprint density at radius 1 is 0.769 bits per heavy atom. The highest BCUT2D eigenvalue weighted by Gasteiger charge is 2.29. The quantitative estimate of drug-likeness (QED) is 0.849. The fourth-order valence-electron chi connectivity index (χ4n) is 3.30. The Labute approximate surface area is 153 Å². The van der Waals surface area contributed by atoms with E-state index in [2.05, 4.69) is 4.99 Å². The molecule has 2 aromatic carbocycles. The standard InChI is InChI=1S/C20H23NO5/c1-22-16-7-6-12(9-17(16)23-2)15-8-13-10-18(24-3)20(26-5)19(25-4)14(13)11-21-15/h6-7,9-11,15H,8H2,1-5H3/p+1. The predicted octanol–water partition coefficient (Wildman–Crippen LogP) is 1.53. The van der Waals surface area contributed by atoms with Gasteiger partial charge in [0.05, 0.1) is 41.1 Å². The molecule has 0 fully saturated rings. The average Bonchev–Trinajstić information content (AvgIpc) is 2.70. The van der Waals surface area contributed by atoms with E-state index >= 15 is 0 Å². The first-order valence-electron chi connectivity index (χ1n) is 8.29. The topological polar surface area (TPSA) is 60.1 Å². The van der Waals surface area contributed by atoms with Crippen LogP contribution in [0.5, 0.6) is 28.7 Å². The summed E-state index contributed by atoms with van der Waals surface area (Å²) >= 11 is 0. The summed E-state index contributed by atoms with van der Waals surface area (Å²) in [5.74, 6) is 3.34. The SMILES string of the molecule is COc1ccc(C2Cc3cc(OC)c(OC)c(OC)c3C=[NH+]2)cc1OC. The molecule has 0 saturated carbocycles. The highest BCUT2D eigenvalue weighted by Crippen LogP contribution is 2.42. The maximum atomic E-state index is 5.57. The molecule has 1 heterocycles. The smallest absolute Gasteiger partial charge is 0.204 e. The molecule has 0 spiro atoms. The zero-order valence-electron chi connectivity index (χ0n) is 15.7. The largest absolute Gasteiger partial charge is 0.493 e. The average molecular weight is 358 g/mol. The number of benzene rings is 2. The van der Waals surface area contributed by atoms with Gasteiger partial charge in [-0.15, -0.1) is 0 Å². The summed E-state index contributed by atoms with van der Waals surface area (Å²) in [4.78, 5) is 3.45. The van der Waals surface area contributed by atoms with E-state index in [-0.39, 0.29) is 6.04 Å². The Bertz CT molecular complexity index is 831. The number of hydrogen-bond donors (Lipinski definition) is 1. The maximum absolute atomic E-state index is 5.57.